The highest BCUT2D eigenvalue weighted by molar-refractivity contribution is 5.63. The summed E-state index contributed by atoms with van der Waals surface area (Å²) in [5, 5.41) is 0. The Morgan fingerprint density at radius 3 is 2.56 bits per heavy atom. The van der Waals surface area contributed by atoms with Gasteiger partial charge in [-0.3, -0.25) is 0 Å². The predicted octanol–water partition coefficient (Wildman–Crippen LogP) is 4.60. The first-order chi connectivity index (χ1) is 11.9. The van der Waals surface area contributed by atoms with Crippen LogP contribution in [0.1, 0.15) is 52.1 Å². The van der Waals surface area contributed by atoms with Gasteiger partial charge in [0.05, 0.1) is 24.8 Å². The number of hydrogen-bond acceptors (Lipinski definition) is 4. The van der Waals surface area contributed by atoms with E-state index in [1.165, 1.54) is 12.8 Å². The first kappa shape index (κ1) is 19.5. The number of methoxy groups -OCH3 is 1. The minimum absolute atomic E-state index is 0.233. The Morgan fingerprint density at radius 2 is 2.00 bits per heavy atom. The first-order valence-electron chi connectivity index (χ1n) is 9.41. The van der Waals surface area contributed by atoms with Gasteiger partial charge in [0.2, 0.25) is 0 Å². The largest absolute Gasteiger partial charge is 0.491 e. The zero-order chi connectivity index (χ0) is 18.4. The lowest BCUT2D eigenvalue weighted by atomic mass is 9.80. The minimum atomic E-state index is 0.233. The Kier molecular flexibility index (Phi) is 7.09. The second-order valence-electron chi connectivity index (χ2n) is 7.32. The van der Waals surface area contributed by atoms with Gasteiger partial charge in [-0.05, 0) is 51.4 Å². The van der Waals surface area contributed by atoms with Gasteiger partial charge in [-0.15, -0.1) is 0 Å². The van der Waals surface area contributed by atoms with Gasteiger partial charge in [0.15, 0.2) is 5.75 Å². The van der Waals surface area contributed by atoms with Gasteiger partial charge in [-0.2, -0.15) is 0 Å². The molecule has 140 valence electrons. The molecule has 5 nitrogen and oxygen atoms in total. The molecule has 0 aromatic carbocycles. The van der Waals surface area contributed by atoms with Gasteiger partial charge >= 0.3 is 0 Å². The van der Waals surface area contributed by atoms with Gasteiger partial charge in [0.1, 0.15) is 6.10 Å². The molecule has 25 heavy (non-hydrogen) atoms. The van der Waals surface area contributed by atoms with Crippen molar-refractivity contribution in [2.24, 2.45) is 16.8 Å². The Labute approximate surface area is 152 Å². The summed E-state index contributed by atoms with van der Waals surface area (Å²) >= 11 is 0. The number of rotatable bonds is 7. The van der Waals surface area contributed by atoms with Gasteiger partial charge in [-0.1, -0.05) is 13.8 Å². The summed E-state index contributed by atoms with van der Waals surface area (Å²) in [5.74, 6) is 2.83. The standard InChI is InChI=1S/C20H33N3O2/c1-7-23(5)13-21-18-12-19(24-6)20(22-15(18)4)25-17-10-8-16(9-11-17)14(2)3/h12-14,16-17H,7-11H2,1-6H3/b21-13+/t16-,17-. The van der Waals surface area contributed by atoms with Crippen LogP contribution in [0.2, 0.25) is 0 Å². The molecule has 1 aliphatic rings. The average molecular weight is 348 g/mol. The van der Waals surface area contributed by atoms with Crippen LogP contribution < -0.4 is 9.47 Å². The van der Waals surface area contributed by atoms with E-state index in [1.54, 1.807) is 7.11 Å². The molecule has 1 heterocycles. The molecule has 0 N–H and O–H groups in total. The Hall–Kier alpha value is -1.78. The molecule has 0 spiro atoms. The van der Waals surface area contributed by atoms with E-state index in [9.17, 15) is 0 Å². The van der Waals surface area contributed by atoms with Crippen LogP contribution in [0.3, 0.4) is 0 Å². The number of aliphatic imine (C=N–C) groups is 1. The molecular weight excluding hydrogens is 314 g/mol. The van der Waals surface area contributed by atoms with Crippen LogP contribution in [0.25, 0.3) is 0 Å². The number of nitrogens with zero attached hydrogens (tertiary/aromatic N) is 3. The molecule has 5 heteroatoms. The van der Waals surface area contributed by atoms with E-state index in [0.29, 0.717) is 11.6 Å². The van der Waals surface area contributed by atoms with Crippen molar-refractivity contribution in [1.82, 2.24) is 9.88 Å². The van der Waals surface area contributed by atoms with Crippen LogP contribution in [0.5, 0.6) is 11.6 Å². The number of ether oxygens (including phenoxy) is 2. The fraction of sp³-hybridized carbons (Fsp3) is 0.700. The average Bonchev–Trinajstić information content (AvgIpc) is 2.61. The lowest BCUT2D eigenvalue weighted by molar-refractivity contribution is 0.108. The van der Waals surface area contributed by atoms with Crippen LogP contribution in [0.15, 0.2) is 11.1 Å². The van der Waals surface area contributed by atoms with Crippen molar-refractivity contribution < 1.29 is 9.47 Å². The third-order valence-corrected chi connectivity index (χ3v) is 5.17. The zero-order valence-electron chi connectivity index (χ0n) is 16.6. The summed E-state index contributed by atoms with van der Waals surface area (Å²) in [6.45, 7) is 9.58. The molecule has 1 aromatic rings. The monoisotopic (exact) mass is 347 g/mol. The van der Waals surface area contributed by atoms with E-state index < -0.39 is 0 Å². The molecule has 0 amide bonds. The molecule has 1 aliphatic carbocycles. The molecule has 0 saturated heterocycles. The SMILES string of the molecule is CCN(C)/C=N/c1cc(OC)c(O[C@H]2CC[C@H](C(C)C)CC2)nc1C. The topological polar surface area (TPSA) is 47.0 Å². The lowest BCUT2D eigenvalue weighted by Crippen LogP contribution is -2.26. The maximum Gasteiger partial charge on any atom is 0.257 e. The van der Waals surface area contributed by atoms with Crippen molar-refractivity contribution in [3.8, 4) is 11.6 Å². The number of aromatic nitrogens is 1. The highest BCUT2D eigenvalue weighted by atomic mass is 16.5. The van der Waals surface area contributed by atoms with Crippen LogP contribution in [-0.4, -0.2) is 43.0 Å². The molecule has 1 aromatic heterocycles. The van der Waals surface area contributed by atoms with E-state index >= 15 is 0 Å². The van der Waals surface area contributed by atoms with Crippen molar-refractivity contribution in [3.05, 3.63) is 11.8 Å². The fourth-order valence-corrected chi connectivity index (χ4v) is 3.19. The van der Waals surface area contributed by atoms with Crippen molar-refractivity contribution in [3.63, 3.8) is 0 Å². The van der Waals surface area contributed by atoms with Crippen LogP contribution in [0.4, 0.5) is 5.69 Å². The maximum atomic E-state index is 6.19. The molecule has 0 aliphatic heterocycles. The van der Waals surface area contributed by atoms with Gasteiger partial charge in [0.25, 0.3) is 5.88 Å². The molecule has 2 rings (SSSR count). The van der Waals surface area contributed by atoms with Crippen LogP contribution >= 0.6 is 0 Å². The highest BCUT2D eigenvalue weighted by Gasteiger charge is 2.25. The van der Waals surface area contributed by atoms with Gasteiger partial charge in [0, 0.05) is 19.7 Å². The zero-order valence-corrected chi connectivity index (χ0v) is 16.6. The third kappa shape index (κ3) is 5.35. The summed E-state index contributed by atoms with van der Waals surface area (Å²) in [6.07, 6.45) is 6.69. The Bertz CT molecular complexity index is 579. The van der Waals surface area contributed by atoms with Crippen molar-refractivity contribution in [1.29, 1.82) is 0 Å². The number of hydrogen-bond donors (Lipinski definition) is 0. The number of aryl methyl sites for hydroxylation is 1. The second kappa shape index (κ2) is 9.07. The first-order valence-corrected chi connectivity index (χ1v) is 9.41. The van der Waals surface area contributed by atoms with Gasteiger partial charge in [-0.25, -0.2) is 9.98 Å². The van der Waals surface area contributed by atoms with Crippen molar-refractivity contribution >= 4 is 12.0 Å². The van der Waals surface area contributed by atoms with Crippen molar-refractivity contribution in [2.45, 2.75) is 59.5 Å². The van der Waals surface area contributed by atoms with E-state index in [4.69, 9.17) is 9.47 Å². The maximum absolute atomic E-state index is 6.19. The highest BCUT2D eigenvalue weighted by Crippen LogP contribution is 2.36. The van der Waals surface area contributed by atoms with Crippen molar-refractivity contribution in [2.75, 3.05) is 20.7 Å². The predicted molar refractivity (Wildman–Crippen MR) is 103 cm³/mol. The number of pyridine rings is 1. The summed E-state index contributed by atoms with van der Waals surface area (Å²) in [7, 11) is 3.65. The van der Waals surface area contributed by atoms with Gasteiger partial charge < -0.3 is 14.4 Å². The quantitative estimate of drug-likeness (QED) is 0.534. The normalized spacial score (nSPS) is 20.9. The summed E-state index contributed by atoms with van der Waals surface area (Å²) in [5.41, 5.74) is 1.67. The molecular formula is C20H33N3O2. The molecule has 0 bridgehead atoms. The molecule has 0 atom stereocenters. The summed E-state index contributed by atoms with van der Waals surface area (Å²) in [4.78, 5) is 11.1. The third-order valence-electron chi connectivity index (χ3n) is 5.17. The summed E-state index contributed by atoms with van der Waals surface area (Å²) < 4.78 is 11.7. The Morgan fingerprint density at radius 1 is 1.32 bits per heavy atom. The smallest absolute Gasteiger partial charge is 0.257 e. The second-order valence-corrected chi connectivity index (χ2v) is 7.32. The Balaban J connectivity index is 2.08. The summed E-state index contributed by atoms with van der Waals surface area (Å²) in [6, 6.07) is 1.91. The van der Waals surface area contributed by atoms with Crippen LogP contribution in [-0.2, 0) is 0 Å². The van der Waals surface area contributed by atoms with E-state index in [-0.39, 0.29) is 6.10 Å². The molecule has 1 fully saturated rings. The molecule has 0 unspecified atom stereocenters. The minimum Gasteiger partial charge on any atom is -0.491 e. The van der Waals surface area contributed by atoms with E-state index in [1.807, 2.05) is 31.3 Å². The van der Waals surface area contributed by atoms with E-state index in [2.05, 4.69) is 30.7 Å². The molecule has 0 radical (unpaired) electrons. The lowest BCUT2D eigenvalue weighted by Gasteiger charge is -2.31. The molecule has 1 saturated carbocycles. The fourth-order valence-electron chi connectivity index (χ4n) is 3.19. The van der Waals surface area contributed by atoms with E-state index in [0.717, 1.165) is 42.6 Å². The van der Waals surface area contributed by atoms with Crippen LogP contribution in [0, 0.1) is 18.8 Å².